The van der Waals surface area contributed by atoms with E-state index < -0.39 is 17.5 Å². The standard InChI is InChI=1S/C23H19F3N4OS/c1-13-10-29(12-27-13)20-5-4-15(9-21(20)31-3)8-19-14(2)30(23(32)28-19)11-16-6-17(24)22(26)18(25)7-16/h4-10,12H,2,11H2,1,3H3,(H,28,32)/b19-8-. The van der Waals surface area contributed by atoms with Crippen LogP contribution in [-0.4, -0.2) is 26.2 Å². The highest BCUT2D eigenvalue weighted by atomic mass is 32.1. The Hall–Kier alpha value is -3.59. The lowest BCUT2D eigenvalue weighted by atomic mass is 10.1. The van der Waals surface area contributed by atoms with Gasteiger partial charge in [-0.2, -0.15) is 0 Å². The maximum Gasteiger partial charge on any atom is 0.194 e. The third-order valence-corrected chi connectivity index (χ3v) is 5.33. The minimum absolute atomic E-state index is 0.0400. The van der Waals surface area contributed by atoms with Gasteiger partial charge < -0.3 is 18.9 Å². The lowest BCUT2D eigenvalue weighted by molar-refractivity contribution is 0.413. The number of imidazole rings is 2. The number of nitrogens with zero attached hydrogens (tertiary/aromatic N) is 3. The van der Waals surface area contributed by atoms with Gasteiger partial charge in [0.1, 0.15) is 5.75 Å². The normalized spacial score (nSPS) is 11.8. The molecule has 9 heteroatoms. The molecule has 2 aromatic carbocycles. The number of halogens is 3. The Labute approximate surface area is 186 Å². The molecule has 0 amide bonds. The van der Waals surface area contributed by atoms with Crippen LogP contribution in [-0.2, 0) is 6.54 Å². The molecule has 0 bridgehead atoms. The van der Waals surface area contributed by atoms with Crippen molar-refractivity contribution in [3.63, 3.8) is 0 Å². The average molecular weight is 456 g/mol. The molecular weight excluding hydrogens is 437 g/mol. The van der Waals surface area contributed by atoms with Crippen molar-refractivity contribution in [2.24, 2.45) is 0 Å². The van der Waals surface area contributed by atoms with E-state index in [0.717, 1.165) is 29.1 Å². The molecule has 2 heterocycles. The molecule has 0 saturated heterocycles. The van der Waals surface area contributed by atoms with E-state index >= 15 is 0 Å². The van der Waals surface area contributed by atoms with Gasteiger partial charge in [0.25, 0.3) is 0 Å². The summed E-state index contributed by atoms with van der Waals surface area (Å²) in [7, 11) is 1.59. The monoisotopic (exact) mass is 456 g/mol. The summed E-state index contributed by atoms with van der Waals surface area (Å²) in [6, 6.07) is 7.56. The Morgan fingerprint density at radius 3 is 2.53 bits per heavy atom. The van der Waals surface area contributed by atoms with Crippen LogP contribution in [0.15, 0.2) is 42.9 Å². The molecule has 0 saturated carbocycles. The lowest BCUT2D eigenvalue weighted by Gasteiger charge is -2.09. The van der Waals surface area contributed by atoms with E-state index in [1.165, 1.54) is 0 Å². The SMILES string of the molecule is C=c1/c(=C/c2ccc(-n3cnc(C)c3)c(OC)c2)[nH]c(=S)n1Cc1cc(F)c(F)c(F)c1. The lowest BCUT2D eigenvalue weighted by Crippen LogP contribution is -2.29. The van der Waals surface area contributed by atoms with Gasteiger partial charge in [-0.15, -0.1) is 0 Å². The number of H-pyrrole nitrogens is 1. The molecule has 0 spiro atoms. The predicted octanol–water partition coefficient (Wildman–Crippen LogP) is 3.75. The minimum atomic E-state index is -1.50. The molecule has 0 aliphatic rings. The van der Waals surface area contributed by atoms with E-state index in [0.29, 0.717) is 21.2 Å². The summed E-state index contributed by atoms with van der Waals surface area (Å²) in [6.07, 6.45) is 5.45. The van der Waals surface area contributed by atoms with Crippen molar-refractivity contribution in [1.29, 1.82) is 0 Å². The van der Waals surface area contributed by atoms with Gasteiger partial charge in [0.05, 0.1) is 42.1 Å². The summed E-state index contributed by atoms with van der Waals surface area (Å²) < 4.78 is 49.7. The molecule has 0 aliphatic carbocycles. The number of methoxy groups -OCH3 is 1. The number of benzene rings is 2. The number of aryl methyl sites for hydroxylation is 1. The van der Waals surface area contributed by atoms with Gasteiger partial charge in [-0.05, 0) is 60.6 Å². The number of aromatic nitrogens is 4. The maximum atomic E-state index is 13.6. The fraction of sp³-hybridized carbons (Fsp3) is 0.130. The van der Waals surface area contributed by atoms with Crippen LogP contribution in [0.4, 0.5) is 13.2 Å². The smallest absolute Gasteiger partial charge is 0.194 e. The summed E-state index contributed by atoms with van der Waals surface area (Å²) in [5.74, 6) is -3.35. The zero-order valence-corrected chi connectivity index (χ0v) is 18.1. The second kappa shape index (κ2) is 8.51. The van der Waals surface area contributed by atoms with Crippen LogP contribution in [0.25, 0.3) is 18.3 Å². The van der Waals surface area contributed by atoms with E-state index in [9.17, 15) is 13.2 Å². The van der Waals surface area contributed by atoms with Crippen molar-refractivity contribution in [2.75, 3.05) is 7.11 Å². The van der Waals surface area contributed by atoms with E-state index in [1.807, 2.05) is 42.0 Å². The summed E-state index contributed by atoms with van der Waals surface area (Å²) in [5.41, 5.74) is 2.79. The second-order valence-electron chi connectivity index (χ2n) is 7.25. The topological polar surface area (TPSA) is 47.8 Å². The molecule has 2 aromatic heterocycles. The Bertz CT molecular complexity index is 1460. The number of ether oxygens (including phenoxy) is 1. The van der Waals surface area contributed by atoms with Crippen molar-refractivity contribution < 1.29 is 17.9 Å². The zero-order valence-electron chi connectivity index (χ0n) is 17.3. The first-order chi connectivity index (χ1) is 15.3. The molecule has 1 N–H and O–H groups in total. The fourth-order valence-corrected chi connectivity index (χ4v) is 3.69. The minimum Gasteiger partial charge on any atom is -0.495 e. The molecule has 0 unspecified atom stereocenters. The van der Waals surface area contributed by atoms with E-state index in [-0.39, 0.29) is 12.1 Å². The van der Waals surface area contributed by atoms with Crippen molar-refractivity contribution in [3.05, 3.63) is 92.6 Å². The highest BCUT2D eigenvalue weighted by Crippen LogP contribution is 2.24. The number of hydrogen-bond donors (Lipinski definition) is 1. The molecule has 0 aliphatic heterocycles. The quantitative estimate of drug-likeness (QED) is 0.368. The highest BCUT2D eigenvalue weighted by Gasteiger charge is 2.12. The van der Waals surface area contributed by atoms with E-state index in [2.05, 4.69) is 16.5 Å². The van der Waals surface area contributed by atoms with Crippen molar-refractivity contribution in [3.8, 4) is 11.4 Å². The van der Waals surface area contributed by atoms with Crippen molar-refractivity contribution in [2.45, 2.75) is 13.5 Å². The van der Waals surface area contributed by atoms with Gasteiger partial charge >= 0.3 is 0 Å². The van der Waals surface area contributed by atoms with Gasteiger partial charge in [-0.1, -0.05) is 12.6 Å². The summed E-state index contributed by atoms with van der Waals surface area (Å²) in [5, 5.41) is 1.15. The summed E-state index contributed by atoms with van der Waals surface area (Å²) in [6.45, 7) is 5.98. The van der Waals surface area contributed by atoms with Crippen LogP contribution in [0.1, 0.15) is 16.8 Å². The second-order valence-corrected chi connectivity index (χ2v) is 7.63. The Morgan fingerprint density at radius 1 is 1.19 bits per heavy atom. The number of nitrogens with one attached hydrogen (secondary N) is 1. The molecular formula is C23H19F3N4OS. The largest absolute Gasteiger partial charge is 0.495 e. The van der Waals surface area contributed by atoms with Gasteiger partial charge in [0.2, 0.25) is 0 Å². The number of aromatic amines is 1. The van der Waals surface area contributed by atoms with Crippen LogP contribution in [0.5, 0.6) is 5.75 Å². The first-order valence-electron chi connectivity index (χ1n) is 9.58. The predicted molar refractivity (Wildman–Crippen MR) is 118 cm³/mol. The van der Waals surface area contributed by atoms with Gasteiger partial charge in [-0.3, -0.25) is 0 Å². The fourth-order valence-electron chi connectivity index (χ4n) is 3.41. The molecule has 0 atom stereocenters. The zero-order chi connectivity index (χ0) is 23.0. The molecule has 0 fully saturated rings. The van der Waals surface area contributed by atoms with Crippen molar-refractivity contribution in [1.82, 2.24) is 19.1 Å². The van der Waals surface area contributed by atoms with Gasteiger partial charge in [-0.25, -0.2) is 18.2 Å². The Balaban J connectivity index is 1.71. The van der Waals surface area contributed by atoms with Crippen LogP contribution in [0.2, 0.25) is 0 Å². The number of hydrogen-bond acceptors (Lipinski definition) is 3. The summed E-state index contributed by atoms with van der Waals surface area (Å²) >= 11 is 5.35. The van der Waals surface area contributed by atoms with Crippen molar-refractivity contribution >= 4 is 24.9 Å². The van der Waals surface area contributed by atoms with Crippen LogP contribution < -0.4 is 15.4 Å². The highest BCUT2D eigenvalue weighted by molar-refractivity contribution is 7.71. The summed E-state index contributed by atoms with van der Waals surface area (Å²) in [4.78, 5) is 7.29. The molecule has 0 radical (unpaired) electrons. The molecule has 4 aromatic rings. The maximum absolute atomic E-state index is 13.6. The first-order valence-corrected chi connectivity index (χ1v) is 9.99. The molecule has 5 nitrogen and oxygen atoms in total. The van der Waals surface area contributed by atoms with E-state index in [1.54, 1.807) is 18.0 Å². The van der Waals surface area contributed by atoms with Crippen LogP contribution >= 0.6 is 12.2 Å². The van der Waals surface area contributed by atoms with Crippen LogP contribution in [0, 0.1) is 29.1 Å². The molecule has 4 rings (SSSR count). The number of rotatable bonds is 5. The Kier molecular flexibility index (Phi) is 5.75. The average Bonchev–Trinajstić information content (AvgIpc) is 3.30. The first kappa shape index (κ1) is 21.6. The Morgan fingerprint density at radius 2 is 1.91 bits per heavy atom. The van der Waals surface area contributed by atoms with Crippen LogP contribution in [0.3, 0.4) is 0 Å². The van der Waals surface area contributed by atoms with Gasteiger partial charge in [0, 0.05) is 6.20 Å². The third kappa shape index (κ3) is 4.11. The van der Waals surface area contributed by atoms with Gasteiger partial charge in [0.15, 0.2) is 22.2 Å². The molecule has 164 valence electrons. The molecule has 32 heavy (non-hydrogen) atoms. The third-order valence-electron chi connectivity index (χ3n) is 5.01. The van der Waals surface area contributed by atoms with E-state index in [4.69, 9.17) is 17.0 Å².